The molecule has 0 aliphatic carbocycles. The fourth-order valence-electron chi connectivity index (χ4n) is 4.14. The highest BCUT2D eigenvalue weighted by Crippen LogP contribution is 2.24. The number of nitrogens with one attached hydrogen (secondary N) is 1. The van der Waals surface area contributed by atoms with Crippen molar-refractivity contribution in [2.75, 3.05) is 32.8 Å². The quantitative estimate of drug-likeness (QED) is 0.717. The van der Waals surface area contributed by atoms with Gasteiger partial charge in [-0.15, -0.1) is 0 Å². The van der Waals surface area contributed by atoms with E-state index >= 15 is 0 Å². The molecule has 31 heavy (non-hydrogen) atoms. The van der Waals surface area contributed by atoms with Crippen LogP contribution in [0.4, 0.5) is 0 Å². The second kappa shape index (κ2) is 10.3. The Bertz CT molecular complexity index is 930. The van der Waals surface area contributed by atoms with Gasteiger partial charge in [0.2, 0.25) is 11.8 Å². The van der Waals surface area contributed by atoms with Crippen LogP contribution in [0, 0.1) is 5.92 Å². The molecule has 0 bridgehead atoms. The van der Waals surface area contributed by atoms with Gasteiger partial charge in [-0.25, -0.2) is 0 Å². The Morgan fingerprint density at radius 3 is 2.42 bits per heavy atom. The summed E-state index contributed by atoms with van der Waals surface area (Å²) < 4.78 is 5.43. The molecule has 0 aromatic heterocycles. The summed E-state index contributed by atoms with van der Waals surface area (Å²) in [5.41, 5.74) is 3.22. The molecule has 2 aromatic carbocycles. The summed E-state index contributed by atoms with van der Waals surface area (Å²) in [6, 6.07) is 15.7. The molecule has 1 N–H and O–H groups in total. The number of morpholine rings is 1. The summed E-state index contributed by atoms with van der Waals surface area (Å²) in [7, 11) is 0. The van der Waals surface area contributed by atoms with Gasteiger partial charge in [0.05, 0.1) is 19.1 Å². The number of hydrogen-bond acceptors (Lipinski definition) is 4. The minimum atomic E-state index is -0.332. The van der Waals surface area contributed by atoms with E-state index in [1.807, 2.05) is 36.4 Å². The lowest BCUT2D eigenvalue weighted by Gasteiger charge is -2.27. The van der Waals surface area contributed by atoms with Crippen LogP contribution in [-0.4, -0.2) is 54.5 Å². The largest absolute Gasteiger partial charge is 0.379 e. The number of hydrogen-bond donors (Lipinski definition) is 1. The van der Waals surface area contributed by atoms with Crippen molar-refractivity contribution in [1.82, 2.24) is 15.1 Å². The minimum Gasteiger partial charge on any atom is -0.379 e. The van der Waals surface area contributed by atoms with Gasteiger partial charge in [-0.2, -0.15) is 0 Å². The molecule has 2 aromatic rings. The molecule has 2 aliphatic heterocycles. The van der Waals surface area contributed by atoms with Gasteiger partial charge in [0.25, 0.3) is 0 Å². The van der Waals surface area contributed by atoms with E-state index < -0.39 is 0 Å². The second-order valence-electron chi connectivity index (χ2n) is 8.14. The highest BCUT2D eigenvalue weighted by molar-refractivity contribution is 6.31. The summed E-state index contributed by atoms with van der Waals surface area (Å²) >= 11 is 6.22. The Balaban J connectivity index is 1.32. The third-order valence-corrected chi connectivity index (χ3v) is 6.34. The Morgan fingerprint density at radius 1 is 1.00 bits per heavy atom. The number of nitrogens with zero attached hydrogens (tertiary/aromatic N) is 2. The highest BCUT2D eigenvalue weighted by atomic mass is 35.5. The lowest BCUT2D eigenvalue weighted by atomic mass is 10.1. The standard InChI is InChI=1S/C24H28ClN3O3/c25-22-8-4-3-7-20(22)16-28-17-21(13-23(28)29)24(30)26-14-18-5-1-2-6-19(18)15-27-9-11-31-12-10-27/h1-8,21H,9-17H2,(H,26,30)/t21-/m0/s1. The molecule has 164 valence electrons. The number of carbonyl (C=O) groups is 2. The molecular weight excluding hydrogens is 414 g/mol. The van der Waals surface area contributed by atoms with Crippen LogP contribution in [0.25, 0.3) is 0 Å². The molecule has 0 spiro atoms. The van der Waals surface area contributed by atoms with Crippen LogP contribution in [0.15, 0.2) is 48.5 Å². The summed E-state index contributed by atoms with van der Waals surface area (Å²) in [6.45, 7) is 5.55. The average Bonchev–Trinajstić information content (AvgIpc) is 3.15. The maximum Gasteiger partial charge on any atom is 0.225 e. The molecular formula is C24H28ClN3O3. The van der Waals surface area contributed by atoms with Gasteiger partial charge in [0.15, 0.2) is 0 Å². The van der Waals surface area contributed by atoms with E-state index in [4.69, 9.17) is 16.3 Å². The van der Waals surface area contributed by atoms with Gasteiger partial charge >= 0.3 is 0 Å². The smallest absolute Gasteiger partial charge is 0.225 e. The first kappa shape index (κ1) is 21.8. The number of amides is 2. The zero-order valence-corrected chi connectivity index (χ0v) is 18.3. The molecule has 2 heterocycles. The number of rotatable bonds is 7. The highest BCUT2D eigenvalue weighted by Gasteiger charge is 2.34. The summed E-state index contributed by atoms with van der Waals surface area (Å²) in [5.74, 6) is -0.412. The lowest BCUT2D eigenvalue weighted by Crippen LogP contribution is -2.36. The second-order valence-corrected chi connectivity index (χ2v) is 8.55. The van der Waals surface area contributed by atoms with Crippen molar-refractivity contribution in [1.29, 1.82) is 0 Å². The van der Waals surface area contributed by atoms with Crippen LogP contribution in [0.1, 0.15) is 23.1 Å². The molecule has 4 rings (SSSR count). The van der Waals surface area contributed by atoms with Gasteiger partial charge in [-0.05, 0) is 22.8 Å². The van der Waals surface area contributed by atoms with Gasteiger partial charge in [-0.1, -0.05) is 54.1 Å². The summed E-state index contributed by atoms with van der Waals surface area (Å²) in [5, 5.41) is 3.69. The minimum absolute atomic E-state index is 0.00668. The molecule has 0 radical (unpaired) electrons. The third-order valence-electron chi connectivity index (χ3n) is 5.97. The van der Waals surface area contributed by atoms with Gasteiger partial charge in [0.1, 0.15) is 0 Å². The number of ether oxygens (including phenoxy) is 1. The first-order chi connectivity index (χ1) is 15.1. The normalized spacial score (nSPS) is 19.6. The molecule has 1 atom stereocenters. The van der Waals surface area contributed by atoms with Gasteiger partial charge in [-0.3, -0.25) is 14.5 Å². The topological polar surface area (TPSA) is 61.9 Å². The van der Waals surface area contributed by atoms with Crippen molar-refractivity contribution in [2.24, 2.45) is 5.92 Å². The van der Waals surface area contributed by atoms with E-state index in [9.17, 15) is 9.59 Å². The zero-order valence-electron chi connectivity index (χ0n) is 17.6. The first-order valence-electron chi connectivity index (χ1n) is 10.8. The summed E-state index contributed by atoms with van der Waals surface area (Å²) in [6.07, 6.45) is 0.242. The molecule has 7 heteroatoms. The van der Waals surface area contributed by atoms with Crippen molar-refractivity contribution in [3.8, 4) is 0 Å². The van der Waals surface area contributed by atoms with Crippen LogP contribution in [0.2, 0.25) is 5.02 Å². The third kappa shape index (κ3) is 5.64. The maximum atomic E-state index is 12.8. The van der Waals surface area contributed by atoms with Gasteiger partial charge in [0, 0.05) is 50.7 Å². The van der Waals surface area contributed by atoms with Crippen molar-refractivity contribution in [3.63, 3.8) is 0 Å². The Kier molecular flexibility index (Phi) is 7.22. The molecule has 2 amide bonds. The van der Waals surface area contributed by atoms with Crippen LogP contribution in [0.3, 0.4) is 0 Å². The molecule has 6 nitrogen and oxygen atoms in total. The van der Waals surface area contributed by atoms with E-state index in [2.05, 4.69) is 22.3 Å². The van der Waals surface area contributed by atoms with Crippen molar-refractivity contribution >= 4 is 23.4 Å². The molecule has 2 saturated heterocycles. The van der Waals surface area contributed by atoms with Crippen molar-refractivity contribution in [3.05, 3.63) is 70.2 Å². The molecule has 2 fully saturated rings. The predicted molar refractivity (Wildman–Crippen MR) is 119 cm³/mol. The number of halogens is 1. The van der Waals surface area contributed by atoms with Gasteiger partial charge < -0.3 is 15.0 Å². The van der Waals surface area contributed by atoms with Crippen LogP contribution >= 0.6 is 11.6 Å². The zero-order chi connectivity index (χ0) is 21.6. The van der Waals surface area contributed by atoms with Crippen LogP contribution in [-0.2, 0) is 34.0 Å². The number of carbonyl (C=O) groups excluding carboxylic acids is 2. The first-order valence-corrected chi connectivity index (χ1v) is 11.1. The SMILES string of the molecule is O=C(NCc1ccccc1CN1CCOCC1)[C@H]1CC(=O)N(Cc2ccccc2Cl)C1. The molecule has 0 unspecified atom stereocenters. The lowest BCUT2D eigenvalue weighted by molar-refractivity contribution is -0.129. The Morgan fingerprint density at radius 2 is 1.68 bits per heavy atom. The Hall–Kier alpha value is -2.41. The Labute approximate surface area is 188 Å². The number of likely N-dealkylation sites (tertiary alicyclic amines) is 1. The van der Waals surface area contributed by atoms with E-state index in [1.165, 1.54) is 5.56 Å². The predicted octanol–water partition coefficient (Wildman–Crippen LogP) is 2.84. The van der Waals surface area contributed by atoms with E-state index in [0.717, 1.165) is 44.0 Å². The average molecular weight is 442 g/mol. The fraction of sp³-hybridized carbons (Fsp3) is 0.417. The van der Waals surface area contributed by atoms with Crippen LogP contribution < -0.4 is 5.32 Å². The molecule has 0 saturated carbocycles. The maximum absolute atomic E-state index is 12.8. The fourth-order valence-corrected chi connectivity index (χ4v) is 4.34. The van der Waals surface area contributed by atoms with E-state index in [1.54, 1.807) is 4.90 Å². The molecule has 2 aliphatic rings. The van der Waals surface area contributed by atoms with E-state index in [-0.39, 0.29) is 24.2 Å². The number of benzene rings is 2. The van der Waals surface area contributed by atoms with Crippen LogP contribution in [0.5, 0.6) is 0 Å². The van der Waals surface area contributed by atoms with E-state index in [0.29, 0.717) is 24.7 Å². The van der Waals surface area contributed by atoms with Crippen molar-refractivity contribution in [2.45, 2.75) is 26.1 Å². The summed E-state index contributed by atoms with van der Waals surface area (Å²) in [4.78, 5) is 29.3. The van der Waals surface area contributed by atoms with Crippen molar-refractivity contribution < 1.29 is 14.3 Å². The monoisotopic (exact) mass is 441 g/mol.